The van der Waals surface area contributed by atoms with Crippen LogP contribution in [0.3, 0.4) is 0 Å². The lowest BCUT2D eigenvalue weighted by molar-refractivity contribution is -0.113. The molecule has 3 rings (SSSR count). The third kappa shape index (κ3) is 5.67. The number of hydrogen-bond donors (Lipinski definition) is 2. The lowest BCUT2D eigenvalue weighted by Crippen LogP contribution is -2.26. The van der Waals surface area contributed by atoms with Gasteiger partial charge in [0.05, 0.1) is 23.5 Å². The molecule has 1 aromatic heterocycles. The number of rotatable bonds is 8. The topological polar surface area (TPSA) is 88.9 Å². The molecule has 3 aromatic rings. The molecule has 7 nitrogen and oxygen atoms in total. The van der Waals surface area contributed by atoms with Gasteiger partial charge >= 0.3 is 0 Å². The summed E-state index contributed by atoms with van der Waals surface area (Å²) in [6.07, 6.45) is 0. The number of thioether (sulfide) groups is 1. The number of carbonyl (C=O) groups is 2. The zero-order valence-electron chi connectivity index (χ0n) is 17.2. The van der Waals surface area contributed by atoms with E-state index in [-0.39, 0.29) is 29.6 Å². The van der Waals surface area contributed by atoms with Gasteiger partial charge in [-0.15, -0.1) is 10.2 Å². The van der Waals surface area contributed by atoms with E-state index in [1.54, 1.807) is 10.6 Å². The fourth-order valence-electron chi connectivity index (χ4n) is 2.85. The SMILES string of the molecule is CC(C)n1c(CNC(=O)c2ccccc2F)nnc1SCC(=O)Nc1ccc(F)cc1F. The summed E-state index contributed by atoms with van der Waals surface area (Å²) >= 11 is 1.07. The normalized spacial score (nSPS) is 10.9. The Kier molecular flexibility index (Phi) is 7.52. The van der Waals surface area contributed by atoms with Crippen molar-refractivity contribution in [2.45, 2.75) is 31.6 Å². The smallest absolute Gasteiger partial charge is 0.254 e. The summed E-state index contributed by atoms with van der Waals surface area (Å²) in [5, 5.41) is 13.5. The van der Waals surface area contributed by atoms with Crippen LogP contribution in [0.15, 0.2) is 47.6 Å². The van der Waals surface area contributed by atoms with E-state index in [1.165, 1.54) is 18.2 Å². The predicted octanol–water partition coefficient (Wildman–Crippen LogP) is 3.94. The Bertz CT molecular complexity index is 1140. The molecule has 0 saturated carbocycles. The highest BCUT2D eigenvalue weighted by atomic mass is 32.2. The predicted molar refractivity (Wildman–Crippen MR) is 114 cm³/mol. The Morgan fingerprint density at radius 2 is 1.81 bits per heavy atom. The van der Waals surface area contributed by atoms with Crippen LogP contribution in [0.2, 0.25) is 0 Å². The van der Waals surface area contributed by atoms with Crippen molar-refractivity contribution < 1.29 is 22.8 Å². The Labute approximate surface area is 186 Å². The quantitative estimate of drug-likeness (QED) is 0.494. The Hall–Kier alpha value is -3.34. The molecule has 0 saturated heterocycles. The van der Waals surface area contributed by atoms with Crippen molar-refractivity contribution in [3.63, 3.8) is 0 Å². The molecule has 168 valence electrons. The molecule has 2 amide bonds. The first-order chi connectivity index (χ1) is 15.3. The van der Waals surface area contributed by atoms with E-state index in [4.69, 9.17) is 0 Å². The van der Waals surface area contributed by atoms with E-state index < -0.39 is 29.3 Å². The molecule has 2 N–H and O–H groups in total. The van der Waals surface area contributed by atoms with Crippen molar-refractivity contribution in [3.8, 4) is 0 Å². The Morgan fingerprint density at radius 3 is 2.50 bits per heavy atom. The van der Waals surface area contributed by atoms with Crippen molar-refractivity contribution in [1.82, 2.24) is 20.1 Å². The van der Waals surface area contributed by atoms with Crippen LogP contribution >= 0.6 is 11.8 Å². The van der Waals surface area contributed by atoms with Gasteiger partial charge in [-0.1, -0.05) is 23.9 Å². The van der Waals surface area contributed by atoms with Gasteiger partial charge in [-0.3, -0.25) is 9.59 Å². The second kappa shape index (κ2) is 10.3. The number of nitrogens with one attached hydrogen (secondary N) is 2. The van der Waals surface area contributed by atoms with Crippen molar-refractivity contribution in [1.29, 1.82) is 0 Å². The molecule has 0 spiro atoms. The molecular formula is C21H20F3N5O2S. The van der Waals surface area contributed by atoms with Crippen LogP contribution < -0.4 is 10.6 Å². The number of aromatic nitrogens is 3. The van der Waals surface area contributed by atoms with Crippen LogP contribution in [0.5, 0.6) is 0 Å². The van der Waals surface area contributed by atoms with E-state index in [9.17, 15) is 22.8 Å². The van der Waals surface area contributed by atoms with E-state index in [2.05, 4.69) is 20.8 Å². The first kappa shape index (κ1) is 23.3. The number of halogens is 3. The maximum atomic E-state index is 13.8. The van der Waals surface area contributed by atoms with Crippen molar-refractivity contribution >= 4 is 29.3 Å². The highest BCUT2D eigenvalue weighted by Crippen LogP contribution is 2.22. The summed E-state index contributed by atoms with van der Waals surface area (Å²) in [5.41, 5.74) is -0.207. The summed E-state index contributed by atoms with van der Waals surface area (Å²) in [6.45, 7) is 3.76. The number of nitrogens with zero attached hydrogens (tertiary/aromatic N) is 3. The van der Waals surface area contributed by atoms with E-state index in [0.29, 0.717) is 17.0 Å². The van der Waals surface area contributed by atoms with E-state index in [1.807, 2.05) is 13.8 Å². The molecule has 11 heteroatoms. The molecule has 32 heavy (non-hydrogen) atoms. The molecule has 0 aliphatic carbocycles. The minimum absolute atomic E-state index is 0.00585. The van der Waals surface area contributed by atoms with Crippen LogP contribution in [0.4, 0.5) is 18.9 Å². The summed E-state index contributed by atoms with van der Waals surface area (Å²) in [7, 11) is 0. The molecule has 0 unspecified atom stereocenters. The molecular weight excluding hydrogens is 443 g/mol. The van der Waals surface area contributed by atoms with Gasteiger partial charge in [0, 0.05) is 12.1 Å². The third-order valence-corrected chi connectivity index (χ3v) is 5.26. The molecule has 0 fully saturated rings. The maximum absolute atomic E-state index is 13.8. The summed E-state index contributed by atoms with van der Waals surface area (Å²) in [6, 6.07) is 8.40. The first-order valence-electron chi connectivity index (χ1n) is 9.60. The number of anilines is 1. The van der Waals surface area contributed by atoms with Gasteiger partial charge in [0.2, 0.25) is 5.91 Å². The number of carbonyl (C=O) groups excluding carboxylic acids is 2. The third-order valence-electron chi connectivity index (χ3n) is 4.31. The largest absolute Gasteiger partial charge is 0.345 e. The highest BCUT2D eigenvalue weighted by molar-refractivity contribution is 7.99. The summed E-state index contributed by atoms with van der Waals surface area (Å²) < 4.78 is 42.2. The molecule has 0 aliphatic heterocycles. The highest BCUT2D eigenvalue weighted by Gasteiger charge is 2.18. The van der Waals surface area contributed by atoms with Crippen molar-refractivity contribution in [2.24, 2.45) is 0 Å². The van der Waals surface area contributed by atoms with E-state index >= 15 is 0 Å². The molecule has 0 atom stereocenters. The van der Waals surface area contributed by atoms with Crippen molar-refractivity contribution in [2.75, 3.05) is 11.1 Å². The van der Waals surface area contributed by atoms with Crippen LogP contribution in [-0.4, -0.2) is 32.3 Å². The van der Waals surface area contributed by atoms with E-state index in [0.717, 1.165) is 23.9 Å². The minimum Gasteiger partial charge on any atom is -0.345 e. The molecule has 0 aliphatic rings. The molecule has 1 heterocycles. The zero-order valence-corrected chi connectivity index (χ0v) is 18.0. The number of amides is 2. The van der Waals surface area contributed by atoms with Crippen LogP contribution in [0.1, 0.15) is 36.1 Å². The average molecular weight is 463 g/mol. The van der Waals surface area contributed by atoms with Gasteiger partial charge in [-0.2, -0.15) is 0 Å². The Morgan fingerprint density at radius 1 is 1.06 bits per heavy atom. The minimum atomic E-state index is -0.874. The maximum Gasteiger partial charge on any atom is 0.254 e. The molecule has 0 bridgehead atoms. The van der Waals surface area contributed by atoms with Crippen molar-refractivity contribution in [3.05, 3.63) is 71.3 Å². The average Bonchev–Trinajstić information content (AvgIpc) is 3.16. The molecule has 2 aromatic carbocycles. The summed E-state index contributed by atoms with van der Waals surface area (Å²) in [4.78, 5) is 24.4. The number of benzene rings is 2. The fraction of sp³-hybridized carbons (Fsp3) is 0.238. The monoisotopic (exact) mass is 463 g/mol. The van der Waals surface area contributed by atoms with Crippen LogP contribution in [-0.2, 0) is 11.3 Å². The number of hydrogen-bond acceptors (Lipinski definition) is 5. The lowest BCUT2D eigenvalue weighted by Gasteiger charge is -2.14. The van der Waals surface area contributed by atoms with Gasteiger partial charge in [0.1, 0.15) is 17.5 Å². The van der Waals surface area contributed by atoms with Gasteiger partial charge in [0.15, 0.2) is 11.0 Å². The Balaban J connectivity index is 1.63. The first-order valence-corrected chi connectivity index (χ1v) is 10.6. The summed E-state index contributed by atoms with van der Waals surface area (Å²) in [5.74, 6) is -3.00. The van der Waals surface area contributed by atoms with Gasteiger partial charge in [0.25, 0.3) is 5.91 Å². The van der Waals surface area contributed by atoms with Gasteiger partial charge in [-0.25, -0.2) is 13.2 Å². The van der Waals surface area contributed by atoms with Crippen LogP contribution in [0, 0.1) is 17.5 Å². The van der Waals surface area contributed by atoms with Crippen LogP contribution in [0.25, 0.3) is 0 Å². The second-order valence-electron chi connectivity index (χ2n) is 6.99. The lowest BCUT2D eigenvalue weighted by atomic mass is 10.2. The fourth-order valence-corrected chi connectivity index (χ4v) is 3.74. The molecule has 0 radical (unpaired) electrons. The zero-order chi connectivity index (χ0) is 23.3. The van der Waals surface area contributed by atoms with Gasteiger partial charge in [-0.05, 0) is 38.1 Å². The van der Waals surface area contributed by atoms with Gasteiger partial charge < -0.3 is 15.2 Å². The standard InChI is InChI=1S/C21H20F3N5O2S/c1-12(2)29-18(10-25-20(31)14-5-3-4-6-15(14)23)27-28-21(29)32-11-19(30)26-17-8-7-13(22)9-16(17)24/h3-9,12H,10-11H2,1-2H3,(H,25,31)(H,26,30). The second-order valence-corrected chi connectivity index (χ2v) is 7.93.